The van der Waals surface area contributed by atoms with Crippen LogP contribution in [0.2, 0.25) is 5.02 Å². The number of carboxylic acid groups (broad SMARTS) is 1. The molecule has 3 N–H and O–H groups in total. The summed E-state index contributed by atoms with van der Waals surface area (Å²) in [4.78, 5) is 14.7. The van der Waals surface area contributed by atoms with Crippen LogP contribution in [0.25, 0.3) is 0 Å². The van der Waals surface area contributed by atoms with Gasteiger partial charge in [0.2, 0.25) is 0 Å². The van der Waals surface area contributed by atoms with Crippen molar-refractivity contribution in [3.63, 3.8) is 0 Å². The van der Waals surface area contributed by atoms with Gasteiger partial charge in [-0.15, -0.1) is 0 Å². The van der Waals surface area contributed by atoms with Crippen molar-refractivity contribution in [3.05, 3.63) is 27.5 Å². The fourth-order valence-corrected chi connectivity index (χ4v) is 1.95. The van der Waals surface area contributed by atoms with Crippen molar-refractivity contribution < 1.29 is 9.90 Å². The van der Waals surface area contributed by atoms with Gasteiger partial charge < -0.3 is 10.8 Å². The first-order valence-electron chi connectivity index (χ1n) is 3.69. The predicted molar refractivity (Wildman–Crippen MR) is 56.1 cm³/mol. The normalized spacial score (nSPS) is 14.9. The van der Waals surface area contributed by atoms with Gasteiger partial charge in [0, 0.05) is 10.7 Å². The summed E-state index contributed by atoms with van der Waals surface area (Å²) in [5.74, 6) is -1.15. The van der Waals surface area contributed by atoms with Crippen LogP contribution in [0.5, 0.6) is 0 Å². The third-order valence-corrected chi connectivity index (χ3v) is 2.56. The van der Waals surface area contributed by atoms with Crippen LogP contribution in [0.15, 0.2) is 16.7 Å². The van der Waals surface area contributed by atoms with Gasteiger partial charge in [-0.3, -0.25) is 4.98 Å². The van der Waals surface area contributed by atoms with Gasteiger partial charge in [0.25, 0.3) is 0 Å². The number of aromatic nitrogens is 1. The van der Waals surface area contributed by atoms with E-state index in [-0.39, 0.29) is 5.69 Å². The molecule has 0 aromatic carbocycles. The van der Waals surface area contributed by atoms with E-state index in [4.69, 9.17) is 22.4 Å². The third-order valence-electron chi connectivity index (χ3n) is 1.74. The summed E-state index contributed by atoms with van der Waals surface area (Å²) >= 11 is 8.83. The fraction of sp³-hybridized carbons (Fsp3) is 0.250. The van der Waals surface area contributed by atoms with Crippen LogP contribution in [-0.4, -0.2) is 16.1 Å². The molecule has 0 saturated heterocycles. The van der Waals surface area contributed by atoms with Gasteiger partial charge in [0.15, 0.2) is 5.54 Å². The zero-order valence-electron chi connectivity index (χ0n) is 7.29. The summed E-state index contributed by atoms with van der Waals surface area (Å²) in [6.07, 6.45) is 1.36. The number of halogens is 2. The van der Waals surface area contributed by atoms with Crippen LogP contribution in [-0.2, 0) is 10.3 Å². The van der Waals surface area contributed by atoms with Gasteiger partial charge in [-0.25, -0.2) is 4.79 Å². The van der Waals surface area contributed by atoms with E-state index in [0.717, 1.165) is 0 Å². The Bertz CT molecular complexity index is 382. The predicted octanol–water partition coefficient (Wildman–Crippen LogP) is 1.76. The first kappa shape index (κ1) is 11.4. The molecule has 1 aromatic rings. The maximum Gasteiger partial charge on any atom is 0.329 e. The van der Waals surface area contributed by atoms with Crippen molar-refractivity contribution in [2.75, 3.05) is 0 Å². The smallest absolute Gasteiger partial charge is 0.329 e. The van der Waals surface area contributed by atoms with E-state index >= 15 is 0 Å². The monoisotopic (exact) mass is 278 g/mol. The summed E-state index contributed by atoms with van der Waals surface area (Å²) in [5.41, 5.74) is 4.32. The lowest BCUT2D eigenvalue weighted by Crippen LogP contribution is -2.42. The van der Waals surface area contributed by atoms with Crippen LogP contribution in [0, 0.1) is 0 Å². The maximum absolute atomic E-state index is 10.8. The highest BCUT2D eigenvalue weighted by Gasteiger charge is 2.33. The molecule has 1 atom stereocenters. The summed E-state index contributed by atoms with van der Waals surface area (Å²) < 4.78 is 0.484. The van der Waals surface area contributed by atoms with Crippen LogP contribution in [0.4, 0.5) is 0 Å². The zero-order valence-corrected chi connectivity index (χ0v) is 9.63. The topological polar surface area (TPSA) is 76.2 Å². The molecule has 0 spiro atoms. The number of nitrogens with zero attached hydrogens (tertiary/aromatic N) is 1. The Morgan fingerprint density at radius 2 is 2.36 bits per heavy atom. The molecule has 1 rings (SSSR count). The zero-order chi connectivity index (χ0) is 10.9. The Morgan fingerprint density at radius 1 is 1.79 bits per heavy atom. The van der Waals surface area contributed by atoms with E-state index in [1.165, 1.54) is 13.1 Å². The van der Waals surface area contributed by atoms with Crippen molar-refractivity contribution in [2.24, 2.45) is 5.73 Å². The standard InChI is InChI=1S/C8H8BrClN2O2/c1-8(11,7(13)14)6-5(9)2-4(10)3-12-6/h2-3H,11H2,1H3,(H,13,14)/t8-/m0/s1. The molecule has 0 aliphatic carbocycles. The van der Waals surface area contributed by atoms with Crippen molar-refractivity contribution in [2.45, 2.75) is 12.5 Å². The van der Waals surface area contributed by atoms with Gasteiger partial charge in [0.05, 0.1) is 10.7 Å². The van der Waals surface area contributed by atoms with Crippen molar-refractivity contribution >= 4 is 33.5 Å². The second-order valence-electron chi connectivity index (χ2n) is 2.99. The van der Waals surface area contributed by atoms with Crippen molar-refractivity contribution in [1.29, 1.82) is 0 Å². The molecule has 0 bridgehead atoms. The summed E-state index contributed by atoms with van der Waals surface area (Å²) in [6, 6.07) is 1.55. The van der Waals surface area contributed by atoms with Crippen molar-refractivity contribution in [3.8, 4) is 0 Å². The number of carboxylic acids is 1. The van der Waals surface area contributed by atoms with Gasteiger partial charge in [-0.1, -0.05) is 11.6 Å². The van der Waals surface area contributed by atoms with E-state index in [1.807, 2.05) is 0 Å². The quantitative estimate of drug-likeness (QED) is 0.865. The van der Waals surface area contributed by atoms with E-state index in [1.54, 1.807) is 6.07 Å². The molecule has 0 aliphatic rings. The molecule has 4 nitrogen and oxygen atoms in total. The fourth-order valence-electron chi connectivity index (χ4n) is 0.898. The summed E-state index contributed by atoms with van der Waals surface area (Å²) in [5, 5.41) is 9.29. The molecule has 0 unspecified atom stereocenters. The summed E-state index contributed by atoms with van der Waals surface area (Å²) in [6.45, 7) is 1.37. The molecule has 0 radical (unpaired) electrons. The molecule has 14 heavy (non-hydrogen) atoms. The minimum absolute atomic E-state index is 0.245. The SMILES string of the molecule is C[C@@](N)(C(=O)O)c1ncc(Cl)cc1Br. The van der Waals surface area contributed by atoms with Gasteiger partial charge in [-0.2, -0.15) is 0 Å². The Hall–Kier alpha value is -0.650. The summed E-state index contributed by atoms with van der Waals surface area (Å²) in [7, 11) is 0. The minimum atomic E-state index is -1.52. The molecule has 6 heteroatoms. The van der Waals surface area contributed by atoms with Crippen LogP contribution in [0.3, 0.4) is 0 Å². The molecule has 0 amide bonds. The first-order chi connectivity index (χ1) is 6.35. The molecule has 0 aliphatic heterocycles. The molecular formula is C8H8BrClN2O2. The van der Waals surface area contributed by atoms with Crippen LogP contribution >= 0.6 is 27.5 Å². The molecular weight excluding hydrogens is 271 g/mol. The highest BCUT2D eigenvalue weighted by molar-refractivity contribution is 9.10. The maximum atomic E-state index is 10.8. The number of carbonyl (C=O) groups is 1. The number of hydrogen-bond donors (Lipinski definition) is 2. The van der Waals surface area contributed by atoms with Gasteiger partial charge in [-0.05, 0) is 28.9 Å². The highest BCUT2D eigenvalue weighted by atomic mass is 79.9. The number of aliphatic carboxylic acids is 1. The Labute approximate surface area is 94.2 Å². The minimum Gasteiger partial charge on any atom is -0.480 e. The lowest BCUT2D eigenvalue weighted by atomic mass is 9.99. The Morgan fingerprint density at radius 3 is 2.79 bits per heavy atom. The first-order valence-corrected chi connectivity index (χ1v) is 4.86. The molecule has 1 aromatic heterocycles. The van der Waals surface area contributed by atoms with Gasteiger partial charge >= 0.3 is 5.97 Å². The van der Waals surface area contributed by atoms with Crippen molar-refractivity contribution in [1.82, 2.24) is 4.98 Å². The number of rotatable bonds is 2. The highest BCUT2D eigenvalue weighted by Crippen LogP contribution is 2.26. The van der Waals surface area contributed by atoms with Crippen LogP contribution in [0.1, 0.15) is 12.6 Å². The average Bonchev–Trinajstić information content (AvgIpc) is 2.02. The average molecular weight is 280 g/mol. The molecule has 1 heterocycles. The Balaban J connectivity index is 3.26. The van der Waals surface area contributed by atoms with Gasteiger partial charge in [0.1, 0.15) is 0 Å². The van der Waals surface area contributed by atoms with E-state index < -0.39 is 11.5 Å². The molecule has 0 saturated carbocycles. The lowest BCUT2D eigenvalue weighted by Gasteiger charge is -2.19. The van der Waals surface area contributed by atoms with E-state index in [0.29, 0.717) is 9.50 Å². The number of hydrogen-bond acceptors (Lipinski definition) is 3. The molecule has 76 valence electrons. The Kier molecular flexibility index (Phi) is 3.14. The second kappa shape index (κ2) is 3.84. The number of nitrogens with two attached hydrogens (primary N) is 1. The lowest BCUT2D eigenvalue weighted by molar-refractivity contribution is -0.143. The molecule has 0 fully saturated rings. The number of pyridine rings is 1. The van der Waals surface area contributed by atoms with E-state index in [2.05, 4.69) is 20.9 Å². The largest absolute Gasteiger partial charge is 0.480 e. The third kappa shape index (κ3) is 2.05. The van der Waals surface area contributed by atoms with E-state index in [9.17, 15) is 4.79 Å². The second-order valence-corrected chi connectivity index (χ2v) is 4.28. The van der Waals surface area contributed by atoms with Crippen LogP contribution < -0.4 is 5.73 Å².